The summed E-state index contributed by atoms with van der Waals surface area (Å²) in [5.41, 5.74) is 1.04. The molecular weight excluding hydrogens is 286 g/mol. The second-order valence-electron chi connectivity index (χ2n) is 8.07. The lowest BCUT2D eigenvalue weighted by Crippen LogP contribution is -2.59. The van der Waals surface area contributed by atoms with Crippen LogP contribution in [0.5, 0.6) is 0 Å². The Labute approximate surface area is 139 Å². The molecule has 124 valence electrons. The van der Waals surface area contributed by atoms with Gasteiger partial charge < -0.3 is 4.74 Å². The van der Waals surface area contributed by atoms with Crippen LogP contribution in [0, 0.1) is 17.8 Å². The van der Waals surface area contributed by atoms with E-state index in [1.807, 2.05) is 30.3 Å². The summed E-state index contributed by atoms with van der Waals surface area (Å²) in [5.74, 6) is 2.66. The minimum atomic E-state index is -0.204. The van der Waals surface area contributed by atoms with E-state index in [-0.39, 0.29) is 5.97 Å². The van der Waals surface area contributed by atoms with Gasteiger partial charge in [0.1, 0.15) is 6.61 Å². The smallest absolute Gasteiger partial charge is 0.338 e. The number of hydrogen-bond acceptors (Lipinski definition) is 3. The predicted molar refractivity (Wildman–Crippen MR) is 90.3 cm³/mol. The van der Waals surface area contributed by atoms with Gasteiger partial charge in [-0.2, -0.15) is 0 Å². The number of nitrogens with zero attached hydrogens (tertiary/aromatic N) is 1. The highest BCUT2D eigenvalue weighted by Crippen LogP contribution is 2.57. The van der Waals surface area contributed by atoms with Gasteiger partial charge in [0, 0.05) is 12.1 Å². The van der Waals surface area contributed by atoms with Crippen LogP contribution in [0.1, 0.15) is 48.9 Å². The van der Waals surface area contributed by atoms with Crippen molar-refractivity contribution in [2.75, 3.05) is 20.2 Å². The first-order valence-corrected chi connectivity index (χ1v) is 9.08. The summed E-state index contributed by atoms with van der Waals surface area (Å²) >= 11 is 0. The number of likely N-dealkylation sites (N-methyl/N-ethyl adjacent to an activating group) is 1. The minimum Gasteiger partial charge on any atom is -0.461 e. The van der Waals surface area contributed by atoms with Gasteiger partial charge in [0.05, 0.1) is 5.56 Å². The van der Waals surface area contributed by atoms with Gasteiger partial charge >= 0.3 is 5.97 Å². The Morgan fingerprint density at radius 1 is 1.09 bits per heavy atom. The molecule has 1 aromatic rings. The molecule has 0 radical (unpaired) electrons. The van der Waals surface area contributed by atoms with Gasteiger partial charge in [-0.25, -0.2) is 4.79 Å². The first-order valence-electron chi connectivity index (χ1n) is 9.08. The van der Waals surface area contributed by atoms with Crippen molar-refractivity contribution in [3.63, 3.8) is 0 Å². The third-order valence-electron chi connectivity index (χ3n) is 6.49. The first-order chi connectivity index (χ1) is 11.1. The van der Waals surface area contributed by atoms with Gasteiger partial charge in [-0.15, -0.1) is 0 Å². The molecule has 0 aliphatic heterocycles. The quantitative estimate of drug-likeness (QED) is 0.776. The molecule has 4 aliphatic carbocycles. The molecule has 0 N–H and O–H groups in total. The zero-order chi connectivity index (χ0) is 15.9. The summed E-state index contributed by atoms with van der Waals surface area (Å²) in [6.07, 6.45) is 8.49. The van der Waals surface area contributed by atoms with Crippen molar-refractivity contribution in [1.29, 1.82) is 0 Å². The number of rotatable bonds is 5. The fourth-order valence-electron chi connectivity index (χ4n) is 5.70. The van der Waals surface area contributed by atoms with Crippen molar-refractivity contribution in [3.05, 3.63) is 35.9 Å². The molecule has 4 aliphatic rings. The van der Waals surface area contributed by atoms with Crippen LogP contribution in [-0.4, -0.2) is 36.6 Å². The Kier molecular flexibility index (Phi) is 3.92. The van der Waals surface area contributed by atoms with E-state index in [1.165, 1.54) is 38.5 Å². The van der Waals surface area contributed by atoms with E-state index >= 15 is 0 Å². The number of benzene rings is 1. The van der Waals surface area contributed by atoms with Gasteiger partial charge in [0.25, 0.3) is 0 Å². The predicted octanol–water partition coefficient (Wildman–Crippen LogP) is 3.74. The lowest BCUT2D eigenvalue weighted by molar-refractivity contribution is -0.0829. The number of carbonyl (C=O) groups is 1. The third kappa shape index (κ3) is 2.91. The minimum absolute atomic E-state index is 0.204. The molecule has 0 spiro atoms. The molecule has 3 nitrogen and oxygen atoms in total. The summed E-state index contributed by atoms with van der Waals surface area (Å²) in [6.45, 7) is 1.34. The van der Waals surface area contributed by atoms with Crippen LogP contribution in [0.4, 0.5) is 0 Å². The first kappa shape index (κ1) is 15.2. The van der Waals surface area contributed by atoms with E-state index in [1.54, 1.807) is 0 Å². The fourth-order valence-corrected chi connectivity index (χ4v) is 5.70. The average molecular weight is 313 g/mol. The highest BCUT2D eigenvalue weighted by molar-refractivity contribution is 5.89. The van der Waals surface area contributed by atoms with E-state index in [4.69, 9.17) is 4.74 Å². The van der Waals surface area contributed by atoms with Gasteiger partial charge in [-0.3, -0.25) is 4.90 Å². The zero-order valence-corrected chi connectivity index (χ0v) is 14.0. The molecule has 1 aromatic carbocycles. The van der Waals surface area contributed by atoms with Crippen LogP contribution in [0.25, 0.3) is 0 Å². The summed E-state index contributed by atoms with van der Waals surface area (Å²) < 4.78 is 5.48. The van der Waals surface area contributed by atoms with Crippen LogP contribution in [-0.2, 0) is 4.74 Å². The van der Waals surface area contributed by atoms with E-state index in [0.717, 1.165) is 24.3 Å². The molecule has 4 bridgehead atoms. The average Bonchev–Trinajstić information content (AvgIpc) is 2.54. The molecule has 5 rings (SSSR count). The monoisotopic (exact) mass is 313 g/mol. The number of ether oxygens (including phenoxy) is 1. The van der Waals surface area contributed by atoms with Crippen LogP contribution in [0.2, 0.25) is 0 Å². The Morgan fingerprint density at radius 2 is 1.65 bits per heavy atom. The molecule has 23 heavy (non-hydrogen) atoms. The Hall–Kier alpha value is -1.35. The third-order valence-corrected chi connectivity index (χ3v) is 6.49. The second-order valence-corrected chi connectivity index (χ2v) is 8.07. The number of carbonyl (C=O) groups excluding carboxylic acids is 1. The Balaban J connectivity index is 1.32. The Morgan fingerprint density at radius 3 is 2.22 bits per heavy atom. The van der Waals surface area contributed by atoms with E-state index in [0.29, 0.717) is 17.7 Å². The highest BCUT2D eigenvalue weighted by atomic mass is 16.5. The maximum atomic E-state index is 12.0. The Bertz CT molecular complexity index is 533. The van der Waals surface area contributed by atoms with E-state index in [9.17, 15) is 4.79 Å². The van der Waals surface area contributed by atoms with E-state index in [2.05, 4.69) is 11.9 Å². The van der Waals surface area contributed by atoms with Gasteiger partial charge in [0.15, 0.2) is 0 Å². The molecule has 0 saturated heterocycles. The van der Waals surface area contributed by atoms with Crippen LogP contribution >= 0.6 is 0 Å². The number of esters is 1. The molecule has 3 heteroatoms. The van der Waals surface area contributed by atoms with Crippen molar-refractivity contribution in [1.82, 2.24) is 4.90 Å². The molecular formula is C20H27NO2. The molecule has 0 atom stereocenters. The SMILES string of the molecule is CN(CCOC(=O)c1ccccc1)C12CC3CC(CC(C3)C1)C2. The van der Waals surface area contributed by atoms with Crippen molar-refractivity contribution < 1.29 is 9.53 Å². The summed E-state index contributed by atoms with van der Waals surface area (Å²) in [5, 5.41) is 0. The molecule has 0 aromatic heterocycles. The van der Waals surface area contributed by atoms with Crippen molar-refractivity contribution in [2.45, 2.75) is 44.1 Å². The van der Waals surface area contributed by atoms with Gasteiger partial charge in [-0.05, 0) is 75.5 Å². The molecule has 0 amide bonds. The van der Waals surface area contributed by atoms with Crippen LogP contribution < -0.4 is 0 Å². The maximum absolute atomic E-state index is 12.0. The molecule has 4 fully saturated rings. The van der Waals surface area contributed by atoms with E-state index < -0.39 is 0 Å². The van der Waals surface area contributed by atoms with Crippen LogP contribution in [0.15, 0.2) is 30.3 Å². The maximum Gasteiger partial charge on any atom is 0.338 e. The normalized spacial score (nSPS) is 34.8. The summed E-state index contributed by atoms with van der Waals surface area (Å²) in [7, 11) is 2.24. The standard InChI is InChI=1S/C20H27NO2/c1-21(7-8-23-19(22)18-5-3-2-4-6-18)20-12-15-9-16(13-20)11-17(10-15)14-20/h2-6,15-17H,7-14H2,1H3. The van der Waals surface area contributed by atoms with Crippen LogP contribution in [0.3, 0.4) is 0 Å². The fraction of sp³-hybridized carbons (Fsp3) is 0.650. The molecule has 4 saturated carbocycles. The number of hydrogen-bond donors (Lipinski definition) is 0. The lowest BCUT2D eigenvalue weighted by atomic mass is 9.52. The second kappa shape index (κ2) is 5.94. The van der Waals surface area contributed by atoms with Gasteiger partial charge in [0.2, 0.25) is 0 Å². The summed E-state index contributed by atoms with van der Waals surface area (Å²) in [6, 6.07) is 9.28. The zero-order valence-electron chi connectivity index (χ0n) is 14.0. The topological polar surface area (TPSA) is 29.5 Å². The largest absolute Gasteiger partial charge is 0.461 e. The van der Waals surface area contributed by atoms with Crippen molar-refractivity contribution in [2.24, 2.45) is 17.8 Å². The van der Waals surface area contributed by atoms with Gasteiger partial charge in [-0.1, -0.05) is 18.2 Å². The highest BCUT2D eigenvalue weighted by Gasteiger charge is 2.52. The summed E-state index contributed by atoms with van der Waals surface area (Å²) in [4.78, 5) is 14.5. The molecule has 0 unspecified atom stereocenters. The molecule has 0 heterocycles. The van der Waals surface area contributed by atoms with Crippen molar-refractivity contribution in [3.8, 4) is 0 Å². The lowest BCUT2D eigenvalue weighted by Gasteiger charge is -2.60. The van der Waals surface area contributed by atoms with Crippen molar-refractivity contribution >= 4 is 5.97 Å².